The van der Waals surface area contributed by atoms with Crippen LogP contribution < -0.4 is 5.32 Å². The fourth-order valence-electron chi connectivity index (χ4n) is 1.57. The topological polar surface area (TPSA) is 29.1 Å². The molecule has 1 saturated carbocycles. The predicted molar refractivity (Wildman–Crippen MR) is 64.0 cm³/mol. The zero-order valence-corrected chi connectivity index (χ0v) is 10.3. The Hall–Kier alpha value is -0.830. The molecule has 3 heteroatoms. The summed E-state index contributed by atoms with van der Waals surface area (Å²) >= 11 is 3.42. The normalized spacial score (nSPS) is 15.1. The molecule has 1 N–H and O–H groups in total. The van der Waals surface area contributed by atoms with E-state index in [1.807, 2.05) is 18.2 Å². The molecule has 0 bridgehead atoms. The van der Waals surface area contributed by atoms with E-state index in [1.54, 1.807) is 0 Å². The van der Waals surface area contributed by atoms with Gasteiger partial charge >= 0.3 is 0 Å². The number of carbonyl (C=O) groups excluding carboxylic acids is 1. The number of hydrogen-bond acceptors (Lipinski definition) is 1. The zero-order valence-electron chi connectivity index (χ0n) is 8.72. The molecule has 1 amide bonds. The van der Waals surface area contributed by atoms with Crippen molar-refractivity contribution in [3.8, 4) is 0 Å². The molecule has 2 rings (SSSR count). The summed E-state index contributed by atoms with van der Waals surface area (Å²) in [6.45, 7) is 2.07. The van der Waals surface area contributed by atoms with Gasteiger partial charge in [-0.3, -0.25) is 4.79 Å². The molecule has 0 atom stereocenters. The van der Waals surface area contributed by atoms with Gasteiger partial charge in [0.05, 0.1) is 0 Å². The summed E-state index contributed by atoms with van der Waals surface area (Å²) < 4.78 is 1.03. The van der Waals surface area contributed by atoms with Gasteiger partial charge in [0.15, 0.2) is 0 Å². The third kappa shape index (κ3) is 2.59. The van der Waals surface area contributed by atoms with Gasteiger partial charge in [0.25, 0.3) is 5.91 Å². The molecule has 80 valence electrons. The van der Waals surface area contributed by atoms with Crippen LogP contribution in [0.3, 0.4) is 0 Å². The number of amides is 1. The Morgan fingerprint density at radius 1 is 1.53 bits per heavy atom. The van der Waals surface area contributed by atoms with Crippen LogP contribution >= 0.6 is 15.9 Å². The highest BCUT2D eigenvalue weighted by atomic mass is 79.9. The van der Waals surface area contributed by atoms with Gasteiger partial charge in [-0.25, -0.2) is 0 Å². The molecule has 1 aliphatic carbocycles. The first-order chi connectivity index (χ1) is 7.20. The van der Waals surface area contributed by atoms with E-state index in [9.17, 15) is 4.79 Å². The van der Waals surface area contributed by atoms with Crippen molar-refractivity contribution in [3.05, 3.63) is 33.8 Å². The molecule has 0 spiro atoms. The number of carbonyl (C=O) groups is 1. The molecular weight excluding hydrogens is 254 g/mol. The average Bonchev–Trinajstić information content (AvgIpc) is 3.01. The first kappa shape index (κ1) is 10.7. The lowest BCUT2D eigenvalue weighted by atomic mass is 10.0. The zero-order chi connectivity index (χ0) is 10.8. The van der Waals surface area contributed by atoms with Crippen molar-refractivity contribution in [1.29, 1.82) is 0 Å². The molecular formula is C12H14BrNO. The van der Waals surface area contributed by atoms with E-state index in [2.05, 4.69) is 28.2 Å². The second kappa shape index (κ2) is 4.35. The monoisotopic (exact) mass is 267 g/mol. The van der Waals surface area contributed by atoms with Crippen molar-refractivity contribution in [2.24, 2.45) is 0 Å². The molecule has 1 aromatic rings. The molecule has 0 radical (unpaired) electrons. The number of halogens is 1. The van der Waals surface area contributed by atoms with Crippen LogP contribution in [0.4, 0.5) is 0 Å². The summed E-state index contributed by atoms with van der Waals surface area (Å²) in [7, 11) is 0. The van der Waals surface area contributed by atoms with Crippen molar-refractivity contribution in [3.63, 3.8) is 0 Å². The van der Waals surface area contributed by atoms with Crippen LogP contribution in [0.1, 0.15) is 35.7 Å². The SMILES string of the molecule is CCc1cc(Br)ccc1C(=O)NC1CC1. The molecule has 15 heavy (non-hydrogen) atoms. The van der Waals surface area contributed by atoms with Crippen LogP contribution in [0.15, 0.2) is 22.7 Å². The molecule has 1 aliphatic rings. The minimum absolute atomic E-state index is 0.0712. The van der Waals surface area contributed by atoms with E-state index in [-0.39, 0.29) is 5.91 Å². The first-order valence-corrected chi connectivity index (χ1v) is 6.09. The minimum Gasteiger partial charge on any atom is -0.349 e. The van der Waals surface area contributed by atoms with Gasteiger partial charge < -0.3 is 5.32 Å². The van der Waals surface area contributed by atoms with Gasteiger partial charge in [-0.2, -0.15) is 0 Å². The molecule has 2 nitrogen and oxygen atoms in total. The summed E-state index contributed by atoms with van der Waals surface area (Å²) in [5.41, 5.74) is 1.91. The van der Waals surface area contributed by atoms with Gasteiger partial charge in [-0.15, -0.1) is 0 Å². The smallest absolute Gasteiger partial charge is 0.251 e. The molecule has 0 saturated heterocycles. The number of rotatable bonds is 3. The molecule has 0 unspecified atom stereocenters. The molecule has 1 fully saturated rings. The Bertz CT molecular complexity index is 385. The summed E-state index contributed by atoms with van der Waals surface area (Å²) in [6, 6.07) is 6.24. The second-order valence-electron chi connectivity index (χ2n) is 3.90. The van der Waals surface area contributed by atoms with Gasteiger partial charge in [0.1, 0.15) is 0 Å². The third-order valence-electron chi connectivity index (χ3n) is 2.61. The number of nitrogens with one attached hydrogen (secondary N) is 1. The summed E-state index contributed by atoms with van der Waals surface area (Å²) in [5, 5.41) is 3.01. The lowest BCUT2D eigenvalue weighted by Gasteiger charge is -2.08. The van der Waals surface area contributed by atoms with Crippen LogP contribution in [-0.4, -0.2) is 11.9 Å². The Labute approximate surface area is 98.2 Å². The maximum absolute atomic E-state index is 11.9. The number of benzene rings is 1. The van der Waals surface area contributed by atoms with Crippen LogP contribution in [-0.2, 0) is 6.42 Å². The van der Waals surface area contributed by atoms with Crippen LogP contribution in [0.5, 0.6) is 0 Å². The van der Waals surface area contributed by atoms with Gasteiger partial charge in [-0.1, -0.05) is 22.9 Å². The Morgan fingerprint density at radius 3 is 2.87 bits per heavy atom. The highest BCUT2D eigenvalue weighted by Crippen LogP contribution is 2.21. The molecule has 1 aromatic carbocycles. The fourth-order valence-corrected chi connectivity index (χ4v) is 1.98. The molecule has 0 aliphatic heterocycles. The maximum atomic E-state index is 11.9. The van der Waals surface area contributed by atoms with E-state index in [0.29, 0.717) is 6.04 Å². The van der Waals surface area contributed by atoms with Gasteiger partial charge in [-0.05, 0) is 43.0 Å². The minimum atomic E-state index is 0.0712. The lowest BCUT2D eigenvalue weighted by molar-refractivity contribution is 0.0950. The van der Waals surface area contributed by atoms with E-state index in [1.165, 1.54) is 0 Å². The lowest BCUT2D eigenvalue weighted by Crippen LogP contribution is -2.26. The number of aryl methyl sites for hydroxylation is 1. The van der Waals surface area contributed by atoms with E-state index in [4.69, 9.17) is 0 Å². The average molecular weight is 268 g/mol. The van der Waals surface area contributed by atoms with Crippen molar-refractivity contribution in [1.82, 2.24) is 5.32 Å². The third-order valence-corrected chi connectivity index (χ3v) is 3.10. The van der Waals surface area contributed by atoms with E-state index in [0.717, 1.165) is 34.9 Å². The Morgan fingerprint density at radius 2 is 2.27 bits per heavy atom. The summed E-state index contributed by atoms with van der Waals surface area (Å²) in [5.74, 6) is 0.0712. The fraction of sp³-hybridized carbons (Fsp3) is 0.417. The quantitative estimate of drug-likeness (QED) is 0.897. The van der Waals surface area contributed by atoms with Crippen molar-refractivity contribution in [2.45, 2.75) is 32.2 Å². The van der Waals surface area contributed by atoms with Crippen molar-refractivity contribution >= 4 is 21.8 Å². The maximum Gasteiger partial charge on any atom is 0.251 e. The summed E-state index contributed by atoms with van der Waals surface area (Å²) in [4.78, 5) is 11.9. The van der Waals surface area contributed by atoms with Crippen molar-refractivity contribution < 1.29 is 4.79 Å². The Balaban J connectivity index is 2.21. The van der Waals surface area contributed by atoms with E-state index >= 15 is 0 Å². The van der Waals surface area contributed by atoms with Gasteiger partial charge in [0, 0.05) is 16.1 Å². The summed E-state index contributed by atoms with van der Waals surface area (Å²) in [6.07, 6.45) is 3.14. The molecule has 0 heterocycles. The van der Waals surface area contributed by atoms with Crippen LogP contribution in [0.2, 0.25) is 0 Å². The molecule has 0 aromatic heterocycles. The highest BCUT2D eigenvalue weighted by Gasteiger charge is 2.24. The van der Waals surface area contributed by atoms with Gasteiger partial charge in [0.2, 0.25) is 0 Å². The number of hydrogen-bond donors (Lipinski definition) is 1. The predicted octanol–water partition coefficient (Wildman–Crippen LogP) is 2.90. The second-order valence-corrected chi connectivity index (χ2v) is 4.82. The highest BCUT2D eigenvalue weighted by molar-refractivity contribution is 9.10. The van der Waals surface area contributed by atoms with Crippen molar-refractivity contribution in [2.75, 3.05) is 0 Å². The van der Waals surface area contributed by atoms with Crippen LogP contribution in [0.25, 0.3) is 0 Å². The largest absolute Gasteiger partial charge is 0.349 e. The van der Waals surface area contributed by atoms with Crippen LogP contribution in [0, 0.1) is 0 Å². The Kier molecular flexibility index (Phi) is 3.10. The first-order valence-electron chi connectivity index (χ1n) is 5.30. The standard InChI is InChI=1S/C12H14BrNO/c1-2-8-7-9(13)3-6-11(8)12(15)14-10-4-5-10/h3,6-7,10H,2,4-5H2,1H3,(H,14,15). The van der Waals surface area contributed by atoms with E-state index < -0.39 is 0 Å².